The van der Waals surface area contributed by atoms with E-state index in [1.54, 1.807) is 35.2 Å². The van der Waals surface area contributed by atoms with Gasteiger partial charge in [0.15, 0.2) is 0 Å². The average Bonchev–Trinajstić information content (AvgIpc) is 2.96. The molecule has 41 heavy (non-hydrogen) atoms. The van der Waals surface area contributed by atoms with Gasteiger partial charge in [0.1, 0.15) is 11.8 Å². The first-order chi connectivity index (χ1) is 19.7. The summed E-state index contributed by atoms with van der Waals surface area (Å²) in [6.07, 6.45) is 2.46. The number of sulfonamides is 1. The number of hydrogen-bond acceptors (Lipinski definition) is 5. The third-order valence-corrected chi connectivity index (χ3v) is 8.17. The molecule has 0 aliphatic rings. The fourth-order valence-electron chi connectivity index (χ4n) is 4.55. The molecule has 0 saturated heterocycles. The summed E-state index contributed by atoms with van der Waals surface area (Å²) < 4.78 is 32.0. The Morgan fingerprint density at radius 2 is 1.63 bits per heavy atom. The van der Waals surface area contributed by atoms with E-state index in [4.69, 9.17) is 16.3 Å². The van der Waals surface area contributed by atoms with Crippen molar-refractivity contribution in [2.24, 2.45) is 0 Å². The summed E-state index contributed by atoms with van der Waals surface area (Å²) in [5.74, 6) is -0.103. The summed E-state index contributed by atoms with van der Waals surface area (Å²) >= 11 is 6.47. The highest BCUT2D eigenvalue weighted by Crippen LogP contribution is 2.30. The van der Waals surface area contributed by atoms with Gasteiger partial charge in [0.2, 0.25) is 21.8 Å². The summed E-state index contributed by atoms with van der Waals surface area (Å²) in [4.78, 5) is 28.9. The van der Waals surface area contributed by atoms with Gasteiger partial charge in [-0.3, -0.25) is 13.9 Å². The van der Waals surface area contributed by atoms with Crippen molar-refractivity contribution in [2.75, 3.05) is 30.8 Å². The third kappa shape index (κ3) is 9.23. The lowest BCUT2D eigenvalue weighted by molar-refractivity contribution is -0.141. The summed E-state index contributed by atoms with van der Waals surface area (Å²) in [7, 11) is -2.18. The van der Waals surface area contributed by atoms with Gasteiger partial charge in [-0.05, 0) is 42.2 Å². The van der Waals surface area contributed by atoms with Crippen LogP contribution >= 0.6 is 11.6 Å². The number of nitrogens with zero attached hydrogens (tertiary/aromatic N) is 2. The zero-order valence-corrected chi connectivity index (χ0v) is 25.3. The Balaban J connectivity index is 1.89. The van der Waals surface area contributed by atoms with Crippen LogP contribution in [-0.4, -0.2) is 57.6 Å². The fourth-order valence-corrected chi connectivity index (χ4v) is 5.71. The highest BCUT2D eigenvalue weighted by molar-refractivity contribution is 7.92. The van der Waals surface area contributed by atoms with Gasteiger partial charge in [-0.1, -0.05) is 79.2 Å². The summed E-state index contributed by atoms with van der Waals surface area (Å²) in [5, 5.41) is 3.45. The lowest BCUT2D eigenvalue weighted by atomic mass is 10.0. The molecule has 8 nitrogen and oxygen atoms in total. The minimum absolute atomic E-state index is 0.0258. The van der Waals surface area contributed by atoms with Crippen LogP contribution < -0.4 is 14.4 Å². The zero-order chi connectivity index (χ0) is 29.8. The third-order valence-electron chi connectivity index (χ3n) is 6.62. The molecular formula is C31H38ClN3O5S. The number of halogens is 1. The molecule has 0 aromatic heterocycles. The van der Waals surface area contributed by atoms with Crippen LogP contribution in [0.25, 0.3) is 0 Å². The number of para-hydroxylation sites is 2. The van der Waals surface area contributed by atoms with Gasteiger partial charge in [0, 0.05) is 37.5 Å². The van der Waals surface area contributed by atoms with Crippen LogP contribution in [0, 0.1) is 0 Å². The summed E-state index contributed by atoms with van der Waals surface area (Å²) in [6, 6.07) is 22.8. The van der Waals surface area contributed by atoms with Crippen molar-refractivity contribution in [1.82, 2.24) is 10.2 Å². The van der Waals surface area contributed by atoms with E-state index in [0.29, 0.717) is 29.4 Å². The molecule has 0 bridgehead atoms. The first kappa shape index (κ1) is 32.0. The highest BCUT2D eigenvalue weighted by atomic mass is 35.5. The van der Waals surface area contributed by atoms with Crippen LogP contribution in [-0.2, 0) is 32.6 Å². The summed E-state index contributed by atoms with van der Waals surface area (Å²) in [5.41, 5.74) is 2.04. The monoisotopic (exact) mass is 599 g/mol. The molecule has 3 rings (SSSR count). The largest absolute Gasteiger partial charge is 0.495 e. The Hall–Kier alpha value is -3.56. The number of benzene rings is 3. The van der Waals surface area contributed by atoms with Crippen LogP contribution in [0.3, 0.4) is 0 Å². The maximum atomic E-state index is 13.9. The Labute approximate surface area is 248 Å². The first-order valence-corrected chi connectivity index (χ1v) is 15.8. The highest BCUT2D eigenvalue weighted by Gasteiger charge is 2.31. The van der Waals surface area contributed by atoms with Gasteiger partial charge < -0.3 is 15.0 Å². The van der Waals surface area contributed by atoms with E-state index >= 15 is 0 Å². The number of hydrogen-bond donors (Lipinski definition) is 1. The number of methoxy groups -OCH3 is 1. The predicted molar refractivity (Wildman–Crippen MR) is 164 cm³/mol. The van der Waals surface area contributed by atoms with Gasteiger partial charge in [-0.2, -0.15) is 0 Å². The lowest BCUT2D eigenvalue weighted by Crippen LogP contribution is -2.50. The predicted octanol–water partition coefficient (Wildman–Crippen LogP) is 5.06. The molecule has 220 valence electrons. The smallest absolute Gasteiger partial charge is 0.243 e. The maximum absolute atomic E-state index is 13.9. The Morgan fingerprint density at radius 1 is 0.976 bits per heavy atom. The normalized spacial score (nSPS) is 11.9. The van der Waals surface area contributed by atoms with Crippen LogP contribution in [0.5, 0.6) is 5.75 Å². The molecule has 0 unspecified atom stereocenters. The Bertz CT molecular complexity index is 1400. The van der Waals surface area contributed by atoms with Crippen molar-refractivity contribution < 1.29 is 22.7 Å². The number of ether oxygens (including phenoxy) is 1. The molecule has 1 N–H and O–H groups in total. The van der Waals surface area contributed by atoms with E-state index in [0.717, 1.165) is 23.8 Å². The van der Waals surface area contributed by atoms with Crippen molar-refractivity contribution in [3.05, 3.63) is 95.0 Å². The van der Waals surface area contributed by atoms with Gasteiger partial charge in [0.05, 0.1) is 19.1 Å². The van der Waals surface area contributed by atoms with E-state index in [1.807, 2.05) is 55.5 Å². The molecule has 0 radical (unpaired) electrons. The molecule has 0 aliphatic heterocycles. The van der Waals surface area contributed by atoms with E-state index < -0.39 is 16.1 Å². The topological polar surface area (TPSA) is 96.0 Å². The van der Waals surface area contributed by atoms with Gasteiger partial charge >= 0.3 is 0 Å². The zero-order valence-electron chi connectivity index (χ0n) is 23.8. The van der Waals surface area contributed by atoms with Crippen molar-refractivity contribution in [1.29, 1.82) is 0 Å². The number of nitrogens with one attached hydrogen (secondary N) is 1. The average molecular weight is 600 g/mol. The molecule has 0 saturated carbocycles. The van der Waals surface area contributed by atoms with E-state index in [2.05, 4.69) is 5.32 Å². The molecule has 0 fully saturated rings. The fraction of sp³-hybridized carbons (Fsp3) is 0.355. The SMILES string of the molecule is CCCNC(=O)[C@@H](Cc1ccccc1)N(Cc1ccccc1Cl)C(=O)CCCN(c1ccccc1OC)S(C)(=O)=O. The van der Waals surface area contributed by atoms with Crippen LogP contribution in [0.2, 0.25) is 5.02 Å². The van der Waals surface area contributed by atoms with Crippen molar-refractivity contribution in [3.63, 3.8) is 0 Å². The van der Waals surface area contributed by atoms with Crippen LogP contribution in [0.15, 0.2) is 78.9 Å². The van der Waals surface area contributed by atoms with Gasteiger partial charge in [0.25, 0.3) is 0 Å². The quantitative estimate of drug-likeness (QED) is 0.263. The second kappa shape index (κ2) is 15.4. The minimum Gasteiger partial charge on any atom is -0.495 e. The van der Waals surface area contributed by atoms with E-state index in [9.17, 15) is 18.0 Å². The van der Waals surface area contributed by atoms with Crippen molar-refractivity contribution in [2.45, 2.75) is 45.2 Å². The van der Waals surface area contributed by atoms with Gasteiger partial charge in [-0.15, -0.1) is 0 Å². The summed E-state index contributed by atoms with van der Waals surface area (Å²) in [6.45, 7) is 2.66. The molecule has 3 aromatic carbocycles. The number of carbonyl (C=O) groups is 2. The molecule has 0 spiro atoms. The second-order valence-corrected chi connectivity index (χ2v) is 12.0. The first-order valence-electron chi connectivity index (χ1n) is 13.6. The van der Waals surface area contributed by atoms with Gasteiger partial charge in [-0.25, -0.2) is 8.42 Å². The maximum Gasteiger partial charge on any atom is 0.243 e. The molecule has 2 amide bonds. The van der Waals surface area contributed by atoms with Crippen LogP contribution in [0.4, 0.5) is 5.69 Å². The number of amides is 2. The number of rotatable bonds is 15. The molecule has 0 heterocycles. The number of carbonyl (C=O) groups excluding carboxylic acids is 2. The molecule has 10 heteroatoms. The Kier molecular flexibility index (Phi) is 12.0. The minimum atomic E-state index is -3.66. The van der Waals surface area contributed by atoms with Crippen molar-refractivity contribution in [3.8, 4) is 5.75 Å². The van der Waals surface area contributed by atoms with Crippen LogP contribution in [0.1, 0.15) is 37.3 Å². The second-order valence-electron chi connectivity index (χ2n) is 9.72. The van der Waals surface area contributed by atoms with Crippen molar-refractivity contribution >= 4 is 39.1 Å². The molecule has 1 atom stereocenters. The lowest BCUT2D eigenvalue weighted by Gasteiger charge is -2.32. The number of anilines is 1. The molecular weight excluding hydrogens is 562 g/mol. The Morgan fingerprint density at radius 3 is 2.29 bits per heavy atom. The van der Waals surface area contributed by atoms with E-state index in [1.165, 1.54) is 11.4 Å². The molecule has 0 aliphatic carbocycles. The standard InChI is InChI=1S/C31H38ClN3O5S/c1-4-20-33-31(37)28(22-24-13-6-5-7-14-24)34(23-25-15-8-9-16-26(25)32)30(36)19-12-21-35(41(3,38)39)27-17-10-11-18-29(27)40-2/h5-11,13-18,28H,4,12,19-23H2,1-3H3,(H,33,37)/t28-/m1/s1. The molecule has 3 aromatic rings. The van der Waals surface area contributed by atoms with E-state index in [-0.39, 0.29) is 37.7 Å².